The molecule has 7 nitrogen and oxygen atoms in total. The lowest BCUT2D eigenvalue weighted by Crippen LogP contribution is -2.31. The first-order valence-electron chi connectivity index (χ1n) is 5.41. The van der Waals surface area contributed by atoms with E-state index in [1.165, 1.54) is 28.6 Å². The second-order valence-electron chi connectivity index (χ2n) is 4.16. The van der Waals surface area contributed by atoms with Crippen LogP contribution in [0.1, 0.15) is 6.42 Å². The van der Waals surface area contributed by atoms with Crippen molar-refractivity contribution in [3.05, 3.63) is 34.4 Å². The van der Waals surface area contributed by atoms with Gasteiger partial charge in [-0.25, -0.2) is 8.42 Å². The second kappa shape index (κ2) is 4.63. The first-order valence-corrected chi connectivity index (χ1v) is 6.85. The molecule has 1 aromatic rings. The topological polar surface area (TPSA) is 107 Å². The lowest BCUT2D eigenvalue weighted by molar-refractivity contribution is -0.384. The minimum absolute atomic E-state index is 0.0576. The normalized spacial score (nSPS) is 21.1. The molecule has 98 valence electrons. The number of nitrogens with zero attached hydrogens (tertiary/aromatic N) is 2. The average molecular weight is 271 g/mol. The van der Waals surface area contributed by atoms with Crippen molar-refractivity contribution in [3.63, 3.8) is 0 Å². The van der Waals surface area contributed by atoms with Gasteiger partial charge in [0.1, 0.15) is 0 Å². The van der Waals surface area contributed by atoms with E-state index in [1.54, 1.807) is 0 Å². The van der Waals surface area contributed by atoms with E-state index in [2.05, 4.69) is 0 Å². The van der Waals surface area contributed by atoms with Gasteiger partial charge in [0.2, 0.25) is 10.0 Å². The summed E-state index contributed by atoms with van der Waals surface area (Å²) in [5.74, 6) is 0. The van der Waals surface area contributed by atoms with Crippen molar-refractivity contribution in [1.82, 2.24) is 4.31 Å². The average Bonchev–Trinajstić information content (AvgIpc) is 2.76. The van der Waals surface area contributed by atoms with E-state index in [1.807, 2.05) is 0 Å². The second-order valence-corrected chi connectivity index (χ2v) is 6.10. The quantitative estimate of drug-likeness (QED) is 0.629. The molecule has 1 saturated heterocycles. The maximum Gasteiger partial charge on any atom is 0.269 e. The number of nitrogens with two attached hydrogens (primary N) is 1. The molecule has 0 aromatic heterocycles. The molecule has 18 heavy (non-hydrogen) atoms. The van der Waals surface area contributed by atoms with Crippen LogP contribution in [0.25, 0.3) is 0 Å². The molecule has 2 N–H and O–H groups in total. The van der Waals surface area contributed by atoms with Gasteiger partial charge in [-0.2, -0.15) is 4.31 Å². The van der Waals surface area contributed by atoms with E-state index in [-0.39, 0.29) is 16.6 Å². The summed E-state index contributed by atoms with van der Waals surface area (Å²) in [6.07, 6.45) is 0.631. The van der Waals surface area contributed by atoms with Gasteiger partial charge in [0.25, 0.3) is 5.69 Å². The highest BCUT2D eigenvalue weighted by molar-refractivity contribution is 7.89. The van der Waals surface area contributed by atoms with Gasteiger partial charge in [-0.05, 0) is 18.6 Å². The monoisotopic (exact) mass is 271 g/mol. The van der Waals surface area contributed by atoms with Crippen molar-refractivity contribution in [1.29, 1.82) is 0 Å². The molecule has 1 heterocycles. The number of sulfonamides is 1. The molecule has 0 saturated carbocycles. The minimum atomic E-state index is -3.58. The Morgan fingerprint density at radius 3 is 2.39 bits per heavy atom. The number of rotatable bonds is 3. The van der Waals surface area contributed by atoms with Crippen molar-refractivity contribution >= 4 is 15.7 Å². The largest absolute Gasteiger partial charge is 0.326 e. The highest BCUT2D eigenvalue weighted by Gasteiger charge is 2.31. The van der Waals surface area contributed by atoms with Crippen LogP contribution < -0.4 is 5.73 Å². The molecular weight excluding hydrogens is 258 g/mol. The molecule has 1 aromatic carbocycles. The Morgan fingerprint density at radius 1 is 1.33 bits per heavy atom. The van der Waals surface area contributed by atoms with Crippen LogP contribution in [0.5, 0.6) is 0 Å². The summed E-state index contributed by atoms with van der Waals surface area (Å²) < 4.78 is 25.6. The molecule has 1 atom stereocenters. The van der Waals surface area contributed by atoms with Crippen LogP contribution in [-0.4, -0.2) is 36.8 Å². The van der Waals surface area contributed by atoms with Crippen molar-refractivity contribution in [2.75, 3.05) is 13.1 Å². The van der Waals surface area contributed by atoms with E-state index in [9.17, 15) is 18.5 Å². The fraction of sp³-hybridized carbons (Fsp3) is 0.400. The van der Waals surface area contributed by atoms with Crippen LogP contribution in [0, 0.1) is 10.1 Å². The Bertz CT molecular complexity index is 555. The SMILES string of the molecule is NC1CCN(S(=O)(=O)c2ccc([N+](=O)[O-])cc2)C1. The lowest BCUT2D eigenvalue weighted by atomic mass is 10.3. The van der Waals surface area contributed by atoms with Gasteiger partial charge in [-0.1, -0.05) is 0 Å². The Morgan fingerprint density at radius 2 is 1.94 bits per heavy atom. The number of hydrogen-bond donors (Lipinski definition) is 1. The van der Waals surface area contributed by atoms with Crippen LogP contribution in [-0.2, 0) is 10.0 Å². The highest BCUT2D eigenvalue weighted by atomic mass is 32.2. The van der Waals surface area contributed by atoms with Crippen LogP contribution in [0.4, 0.5) is 5.69 Å². The van der Waals surface area contributed by atoms with Crippen LogP contribution in [0.15, 0.2) is 29.2 Å². The molecule has 1 fully saturated rings. The minimum Gasteiger partial charge on any atom is -0.326 e. The standard InChI is InChI=1S/C10H13N3O4S/c11-8-5-6-12(7-8)18(16,17)10-3-1-9(2-4-10)13(14)15/h1-4,8H,5-7,11H2. The Kier molecular flexibility index (Phi) is 3.33. The van der Waals surface area contributed by atoms with E-state index >= 15 is 0 Å². The predicted octanol–water partition coefficient (Wildman–Crippen LogP) is 0.316. The fourth-order valence-electron chi connectivity index (χ4n) is 1.86. The third kappa shape index (κ3) is 2.35. The maximum absolute atomic E-state index is 12.2. The molecular formula is C10H13N3O4S. The van der Waals surface area contributed by atoms with Crippen LogP contribution >= 0.6 is 0 Å². The molecule has 1 aliphatic heterocycles. The molecule has 1 aliphatic rings. The van der Waals surface area contributed by atoms with Crippen molar-refractivity contribution < 1.29 is 13.3 Å². The molecule has 1 unspecified atom stereocenters. The number of non-ortho nitro benzene ring substituents is 1. The summed E-state index contributed by atoms with van der Waals surface area (Å²) in [6.45, 7) is 0.680. The number of benzene rings is 1. The summed E-state index contributed by atoms with van der Waals surface area (Å²) in [5.41, 5.74) is 5.54. The van der Waals surface area contributed by atoms with E-state index in [0.29, 0.717) is 19.5 Å². The van der Waals surface area contributed by atoms with Gasteiger partial charge in [-0.3, -0.25) is 10.1 Å². The molecule has 0 aliphatic carbocycles. The van der Waals surface area contributed by atoms with Crippen LogP contribution in [0.3, 0.4) is 0 Å². The molecule has 0 amide bonds. The van der Waals surface area contributed by atoms with Crippen molar-refractivity contribution in [2.24, 2.45) is 5.73 Å². The van der Waals surface area contributed by atoms with E-state index in [0.717, 1.165) is 0 Å². The molecule has 8 heteroatoms. The zero-order valence-electron chi connectivity index (χ0n) is 9.52. The summed E-state index contributed by atoms with van der Waals surface area (Å²) in [4.78, 5) is 9.98. The first kappa shape index (κ1) is 12.9. The zero-order valence-corrected chi connectivity index (χ0v) is 10.3. The summed E-state index contributed by atoms with van der Waals surface area (Å²) in [7, 11) is -3.58. The van der Waals surface area contributed by atoms with Gasteiger partial charge in [0.05, 0.1) is 9.82 Å². The Labute approximate surface area is 104 Å². The number of nitro groups is 1. The van der Waals surface area contributed by atoms with Gasteiger partial charge < -0.3 is 5.73 Å². The van der Waals surface area contributed by atoms with Crippen LogP contribution in [0.2, 0.25) is 0 Å². The third-order valence-electron chi connectivity index (χ3n) is 2.87. The lowest BCUT2D eigenvalue weighted by Gasteiger charge is -2.15. The van der Waals surface area contributed by atoms with Crippen molar-refractivity contribution in [2.45, 2.75) is 17.4 Å². The predicted molar refractivity (Wildman–Crippen MR) is 64.4 cm³/mol. The highest BCUT2D eigenvalue weighted by Crippen LogP contribution is 2.22. The summed E-state index contributed by atoms with van der Waals surface area (Å²) in [6, 6.07) is 4.72. The van der Waals surface area contributed by atoms with Gasteiger partial charge in [0.15, 0.2) is 0 Å². The van der Waals surface area contributed by atoms with Gasteiger partial charge in [-0.15, -0.1) is 0 Å². The maximum atomic E-state index is 12.2. The zero-order chi connectivity index (χ0) is 13.3. The number of nitro benzene ring substituents is 1. The molecule has 0 spiro atoms. The molecule has 0 bridgehead atoms. The van der Waals surface area contributed by atoms with Gasteiger partial charge >= 0.3 is 0 Å². The molecule has 0 radical (unpaired) electrons. The summed E-state index contributed by atoms with van der Waals surface area (Å²) in [5, 5.41) is 10.5. The van der Waals surface area contributed by atoms with Crippen molar-refractivity contribution in [3.8, 4) is 0 Å². The number of hydrogen-bond acceptors (Lipinski definition) is 5. The van der Waals surface area contributed by atoms with Gasteiger partial charge in [0, 0.05) is 31.3 Å². The van der Waals surface area contributed by atoms with E-state index < -0.39 is 14.9 Å². The third-order valence-corrected chi connectivity index (χ3v) is 4.75. The smallest absolute Gasteiger partial charge is 0.269 e. The summed E-state index contributed by atoms with van der Waals surface area (Å²) >= 11 is 0. The fourth-order valence-corrected chi connectivity index (χ4v) is 3.37. The molecule has 2 rings (SSSR count). The Hall–Kier alpha value is -1.51. The van der Waals surface area contributed by atoms with E-state index in [4.69, 9.17) is 5.73 Å². The first-order chi connectivity index (χ1) is 8.41. The Balaban J connectivity index is 2.27.